The molecule has 0 saturated heterocycles. The second kappa shape index (κ2) is 8.16. The van der Waals surface area contributed by atoms with Crippen LogP contribution in [0.1, 0.15) is 25.6 Å². The molecule has 0 aliphatic carbocycles. The number of hydrogen-bond acceptors (Lipinski definition) is 4. The zero-order valence-electron chi connectivity index (χ0n) is 12.2. The Hall–Kier alpha value is -2.21. The Bertz CT molecular complexity index is 554. The summed E-state index contributed by atoms with van der Waals surface area (Å²) < 4.78 is 7.07. The van der Waals surface area contributed by atoms with Gasteiger partial charge in [0.15, 0.2) is 5.82 Å². The molecule has 1 aromatic carbocycles. The fourth-order valence-electron chi connectivity index (χ4n) is 1.93. The van der Waals surface area contributed by atoms with Gasteiger partial charge in [0, 0.05) is 25.3 Å². The quantitative estimate of drug-likeness (QED) is 0.751. The topological polar surface area (TPSA) is 69.0 Å². The third kappa shape index (κ3) is 4.68. The van der Waals surface area contributed by atoms with Crippen LogP contribution in [0, 0.1) is 0 Å². The normalized spacial score (nSPS) is 10.5. The molecule has 2 aromatic rings. The molecule has 0 radical (unpaired) electrons. The lowest BCUT2D eigenvalue weighted by molar-refractivity contribution is -0.121. The predicted molar refractivity (Wildman–Crippen MR) is 78.9 cm³/mol. The van der Waals surface area contributed by atoms with Gasteiger partial charge >= 0.3 is 0 Å². The number of benzene rings is 1. The molecule has 0 fully saturated rings. The number of para-hydroxylation sites is 1. The number of amides is 1. The van der Waals surface area contributed by atoms with Gasteiger partial charge in [-0.05, 0) is 25.5 Å². The van der Waals surface area contributed by atoms with Crippen molar-refractivity contribution in [2.75, 3.05) is 13.2 Å². The Morgan fingerprint density at radius 1 is 1.33 bits per heavy atom. The van der Waals surface area contributed by atoms with Crippen LogP contribution >= 0.6 is 0 Å². The number of ether oxygens (including phenoxy) is 1. The summed E-state index contributed by atoms with van der Waals surface area (Å²) in [5.74, 6) is 0.705. The average molecular weight is 288 g/mol. The van der Waals surface area contributed by atoms with E-state index in [-0.39, 0.29) is 5.91 Å². The molecule has 1 N–H and O–H groups in total. The minimum Gasteiger partial charge on any atom is -0.382 e. The number of nitrogens with zero attached hydrogens (tertiary/aromatic N) is 3. The van der Waals surface area contributed by atoms with Crippen LogP contribution in [0.4, 0.5) is 0 Å². The molecule has 0 aliphatic heterocycles. The number of hydrogen-bond donors (Lipinski definition) is 1. The van der Waals surface area contributed by atoms with Gasteiger partial charge in [0.25, 0.3) is 0 Å². The Morgan fingerprint density at radius 3 is 2.90 bits per heavy atom. The van der Waals surface area contributed by atoms with E-state index in [1.807, 2.05) is 41.8 Å². The van der Waals surface area contributed by atoms with Gasteiger partial charge < -0.3 is 10.1 Å². The smallest absolute Gasteiger partial charge is 0.220 e. The molecule has 1 heterocycles. The van der Waals surface area contributed by atoms with E-state index in [0.29, 0.717) is 32.0 Å². The van der Waals surface area contributed by atoms with Gasteiger partial charge in [-0.1, -0.05) is 18.2 Å². The lowest BCUT2D eigenvalue weighted by atomic mass is 10.3. The van der Waals surface area contributed by atoms with Crippen molar-refractivity contribution in [1.29, 1.82) is 0 Å². The Kier molecular flexibility index (Phi) is 5.90. The van der Waals surface area contributed by atoms with E-state index in [1.54, 1.807) is 6.33 Å². The monoisotopic (exact) mass is 288 g/mol. The molecule has 2 rings (SSSR count). The van der Waals surface area contributed by atoms with Crippen molar-refractivity contribution in [3.05, 3.63) is 42.5 Å². The number of carbonyl (C=O) groups is 1. The van der Waals surface area contributed by atoms with Gasteiger partial charge in [-0.2, -0.15) is 0 Å². The summed E-state index contributed by atoms with van der Waals surface area (Å²) in [6, 6.07) is 9.79. The van der Waals surface area contributed by atoms with Gasteiger partial charge in [-0.15, -0.1) is 10.2 Å². The largest absolute Gasteiger partial charge is 0.382 e. The third-order valence-corrected chi connectivity index (χ3v) is 2.99. The molecule has 0 aliphatic rings. The molecular weight excluding hydrogens is 268 g/mol. The lowest BCUT2D eigenvalue weighted by Crippen LogP contribution is -2.24. The van der Waals surface area contributed by atoms with E-state index in [4.69, 9.17) is 4.74 Å². The van der Waals surface area contributed by atoms with E-state index in [9.17, 15) is 4.79 Å². The molecule has 1 amide bonds. The van der Waals surface area contributed by atoms with Gasteiger partial charge in [0.05, 0.1) is 6.54 Å². The van der Waals surface area contributed by atoms with Crippen molar-refractivity contribution in [3.8, 4) is 5.69 Å². The first-order chi connectivity index (χ1) is 10.3. The summed E-state index contributed by atoms with van der Waals surface area (Å²) >= 11 is 0. The van der Waals surface area contributed by atoms with Crippen LogP contribution in [0.2, 0.25) is 0 Å². The molecule has 0 spiro atoms. The highest BCUT2D eigenvalue weighted by atomic mass is 16.5. The first-order valence-electron chi connectivity index (χ1n) is 7.10. The van der Waals surface area contributed by atoms with Crippen molar-refractivity contribution >= 4 is 5.91 Å². The second-order valence-corrected chi connectivity index (χ2v) is 4.53. The Morgan fingerprint density at radius 2 is 2.14 bits per heavy atom. The third-order valence-electron chi connectivity index (χ3n) is 2.99. The molecule has 21 heavy (non-hydrogen) atoms. The van der Waals surface area contributed by atoms with Gasteiger partial charge in [0.1, 0.15) is 6.33 Å². The summed E-state index contributed by atoms with van der Waals surface area (Å²) in [5.41, 5.74) is 0.975. The van der Waals surface area contributed by atoms with Crippen LogP contribution in [0.5, 0.6) is 0 Å². The average Bonchev–Trinajstić information content (AvgIpc) is 2.99. The SMILES string of the molecule is CCOCCCC(=O)NCc1nncn1-c1ccccc1. The van der Waals surface area contributed by atoms with Crippen molar-refractivity contribution in [2.45, 2.75) is 26.3 Å². The highest BCUT2D eigenvalue weighted by Gasteiger charge is 2.08. The molecule has 6 nitrogen and oxygen atoms in total. The first-order valence-corrected chi connectivity index (χ1v) is 7.10. The minimum atomic E-state index is -0.00249. The lowest BCUT2D eigenvalue weighted by Gasteiger charge is -2.08. The van der Waals surface area contributed by atoms with Gasteiger partial charge in [-0.3, -0.25) is 9.36 Å². The highest BCUT2D eigenvalue weighted by Crippen LogP contribution is 2.08. The van der Waals surface area contributed by atoms with E-state index in [1.165, 1.54) is 0 Å². The number of aromatic nitrogens is 3. The maximum absolute atomic E-state index is 11.7. The zero-order chi connectivity index (χ0) is 14.9. The molecule has 6 heteroatoms. The fourth-order valence-corrected chi connectivity index (χ4v) is 1.93. The molecule has 0 unspecified atom stereocenters. The zero-order valence-corrected chi connectivity index (χ0v) is 12.2. The molecule has 0 bridgehead atoms. The highest BCUT2D eigenvalue weighted by molar-refractivity contribution is 5.75. The Balaban J connectivity index is 1.84. The second-order valence-electron chi connectivity index (χ2n) is 4.53. The van der Waals surface area contributed by atoms with E-state index >= 15 is 0 Å². The summed E-state index contributed by atoms with van der Waals surface area (Å²) in [6.45, 7) is 3.60. The van der Waals surface area contributed by atoms with Crippen LogP contribution in [0.15, 0.2) is 36.7 Å². The molecule has 0 atom stereocenters. The van der Waals surface area contributed by atoms with Crippen LogP contribution < -0.4 is 5.32 Å². The van der Waals surface area contributed by atoms with Crippen LogP contribution in [-0.2, 0) is 16.1 Å². The van der Waals surface area contributed by atoms with Crippen LogP contribution in [0.3, 0.4) is 0 Å². The first kappa shape index (κ1) is 15.2. The van der Waals surface area contributed by atoms with E-state index in [2.05, 4.69) is 15.5 Å². The predicted octanol–water partition coefficient (Wildman–Crippen LogP) is 1.70. The summed E-state index contributed by atoms with van der Waals surface area (Å²) in [4.78, 5) is 11.7. The number of carbonyl (C=O) groups excluding carboxylic acids is 1. The summed E-state index contributed by atoms with van der Waals surface area (Å²) in [6.07, 6.45) is 2.83. The Labute approximate surface area is 124 Å². The maximum atomic E-state index is 11.7. The molecule has 112 valence electrons. The maximum Gasteiger partial charge on any atom is 0.220 e. The minimum absolute atomic E-state index is 0.00249. The van der Waals surface area contributed by atoms with Crippen molar-refractivity contribution < 1.29 is 9.53 Å². The van der Waals surface area contributed by atoms with Crippen LogP contribution in [-0.4, -0.2) is 33.9 Å². The number of rotatable bonds is 8. The molecule has 0 saturated carbocycles. The standard InChI is InChI=1S/C15H20N4O2/c1-2-21-10-6-9-15(20)16-11-14-18-17-12-19(14)13-7-4-3-5-8-13/h3-5,7-8,12H,2,6,9-11H2,1H3,(H,16,20). The molecular formula is C15H20N4O2. The summed E-state index contributed by atoms with van der Waals surface area (Å²) in [7, 11) is 0. The van der Waals surface area contributed by atoms with Crippen molar-refractivity contribution in [1.82, 2.24) is 20.1 Å². The van der Waals surface area contributed by atoms with Gasteiger partial charge in [-0.25, -0.2) is 0 Å². The van der Waals surface area contributed by atoms with Gasteiger partial charge in [0.2, 0.25) is 5.91 Å². The van der Waals surface area contributed by atoms with E-state index in [0.717, 1.165) is 12.1 Å². The van der Waals surface area contributed by atoms with E-state index < -0.39 is 0 Å². The summed E-state index contributed by atoms with van der Waals surface area (Å²) in [5, 5.41) is 10.8. The van der Waals surface area contributed by atoms with Crippen molar-refractivity contribution in [3.63, 3.8) is 0 Å². The van der Waals surface area contributed by atoms with Crippen LogP contribution in [0.25, 0.3) is 5.69 Å². The number of nitrogens with one attached hydrogen (secondary N) is 1. The van der Waals surface area contributed by atoms with Crippen molar-refractivity contribution in [2.24, 2.45) is 0 Å². The molecule has 1 aromatic heterocycles. The fraction of sp³-hybridized carbons (Fsp3) is 0.400.